The first-order chi connectivity index (χ1) is 7.79. The maximum absolute atomic E-state index is 4.50. The summed E-state index contributed by atoms with van der Waals surface area (Å²) in [4.78, 5) is 0. The molecule has 0 saturated carbocycles. The molecule has 1 N–H and O–H groups in total. The van der Waals surface area contributed by atoms with Gasteiger partial charge in [0.15, 0.2) is 0 Å². The third kappa shape index (κ3) is 2.49. The molecule has 0 radical (unpaired) electrons. The van der Waals surface area contributed by atoms with Crippen molar-refractivity contribution in [3.05, 3.63) is 47.8 Å². The van der Waals surface area contributed by atoms with Gasteiger partial charge in [0.2, 0.25) is 0 Å². The maximum atomic E-state index is 4.50. The van der Waals surface area contributed by atoms with Crippen LogP contribution in [0, 0.1) is 6.92 Å². The zero-order valence-electron chi connectivity index (χ0n) is 9.77. The van der Waals surface area contributed by atoms with E-state index in [0.29, 0.717) is 0 Å². The molecular weight excluding hydrogens is 198 g/mol. The molecule has 0 aliphatic heterocycles. The molecule has 0 saturated heterocycles. The number of nitrogens with zero attached hydrogens (tertiary/aromatic N) is 2. The molecule has 0 fully saturated rings. The highest BCUT2D eigenvalue weighted by atomic mass is 15.3. The van der Waals surface area contributed by atoms with Gasteiger partial charge in [0.1, 0.15) is 0 Å². The number of hydrogen-bond acceptors (Lipinski definition) is 2. The average Bonchev–Trinajstić information content (AvgIpc) is 2.76. The molecule has 3 nitrogen and oxygen atoms in total. The molecule has 16 heavy (non-hydrogen) atoms. The second kappa shape index (κ2) is 4.94. The van der Waals surface area contributed by atoms with Crippen molar-refractivity contribution in [3.8, 4) is 5.69 Å². The molecule has 0 aliphatic rings. The van der Waals surface area contributed by atoms with Crippen LogP contribution in [-0.2, 0) is 6.54 Å². The van der Waals surface area contributed by atoms with Crippen molar-refractivity contribution < 1.29 is 0 Å². The molecule has 84 valence electrons. The second-order valence-electron chi connectivity index (χ2n) is 3.87. The van der Waals surface area contributed by atoms with Crippen molar-refractivity contribution in [2.75, 3.05) is 6.54 Å². The van der Waals surface area contributed by atoms with E-state index in [9.17, 15) is 0 Å². The minimum Gasteiger partial charge on any atom is -0.311 e. The molecule has 1 aromatic carbocycles. The standard InChI is InChI=1S/C13H17N3/c1-3-14-10-12-8-9-16(15-12)13-6-4-11(2)5-7-13/h4-9,14H,3,10H2,1-2H3. The zero-order chi connectivity index (χ0) is 11.4. The van der Waals surface area contributed by atoms with Gasteiger partial charge in [0.25, 0.3) is 0 Å². The van der Waals surface area contributed by atoms with Gasteiger partial charge in [-0.05, 0) is 31.7 Å². The fraction of sp³-hybridized carbons (Fsp3) is 0.308. The third-order valence-electron chi connectivity index (χ3n) is 2.50. The SMILES string of the molecule is CCNCc1ccn(-c2ccc(C)cc2)n1. The molecule has 1 heterocycles. The number of hydrogen-bond donors (Lipinski definition) is 1. The summed E-state index contributed by atoms with van der Waals surface area (Å²) in [6, 6.07) is 10.4. The van der Waals surface area contributed by atoms with Crippen LogP contribution in [0.4, 0.5) is 0 Å². The van der Waals surface area contributed by atoms with E-state index in [-0.39, 0.29) is 0 Å². The highest BCUT2D eigenvalue weighted by molar-refractivity contribution is 5.33. The number of rotatable bonds is 4. The van der Waals surface area contributed by atoms with Gasteiger partial charge < -0.3 is 5.32 Å². The second-order valence-corrected chi connectivity index (χ2v) is 3.87. The van der Waals surface area contributed by atoms with Crippen LogP contribution in [0.1, 0.15) is 18.2 Å². The number of benzene rings is 1. The minimum absolute atomic E-state index is 0.829. The lowest BCUT2D eigenvalue weighted by molar-refractivity contribution is 0.696. The van der Waals surface area contributed by atoms with Gasteiger partial charge in [-0.2, -0.15) is 5.10 Å². The van der Waals surface area contributed by atoms with Crippen molar-refractivity contribution in [2.45, 2.75) is 20.4 Å². The Bertz CT molecular complexity index is 442. The van der Waals surface area contributed by atoms with Crippen LogP contribution in [0.3, 0.4) is 0 Å². The zero-order valence-corrected chi connectivity index (χ0v) is 9.77. The van der Waals surface area contributed by atoms with Crippen molar-refractivity contribution in [1.29, 1.82) is 0 Å². The number of aromatic nitrogens is 2. The highest BCUT2D eigenvalue weighted by Gasteiger charge is 1.99. The predicted molar refractivity (Wildman–Crippen MR) is 65.7 cm³/mol. The molecule has 0 aliphatic carbocycles. The summed E-state index contributed by atoms with van der Waals surface area (Å²) in [5.41, 5.74) is 3.44. The van der Waals surface area contributed by atoms with Crippen molar-refractivity contribution in [1.82, 2.24) is 15.1 Å². The van der Waals surface area contributed by atoms with Crippen LogP contribution in [0.5, 0.6) is 0 Å². The lowest BCUT2D eigenvalue weighted by atomic mass is 10.2. The fourth-order valence-corrected chi connectivity index (χ4v) is 1.55. The van der Waals surface area contributed by atoms with Gasteiger partial charge in [-0.15, -0.1) is 0 Å². The quantitative estimate of drug-likeness (QED) is 0.848. The molecular formula is C13H17N3. The van der Waals surface area contributed by atoms with Crippen LogP contribution in [-0.4, -0.2) is 16.3 Å². The summed E-state index contributed by atoms with van der Waals surface area (Å²) >= 11 is 0. The summed E-state index contributed by atoms with van der Waals surface area (Å²) < 4.78 is 1.91. The van der Waals surface area contributed by atoms with Gasteiger partial charge in [-0.25, -0.2) is 4.68 Å². The van der Waals surface area contributed by atoms with Crippen molar-refractivity contribution in [3.63, 3.8) is 0 Å². The Kier molecular flexibility index (Phi) is 3.37. The molecule has 2 rings (SSSR count). The Labute approximate surface area is 96.1 Å². The van der Waals surface area contributed by atoms with Crippen LogP contribution in [0.15, 0.2) is 36.5 Å². The first-order valence-electron chi connectivity index (χ1n) is 5.62. The molecule has 0 unspecified atom stereocenters. The maximum Gasteiger partial charge on any atom is 0.0766 e. The van der Waals surface area contributed by atoms with E-state index < -0.39 is 0 Å². The van der Waals surface area contributed by atoms with Crippen LogP contribution < -0.4 is 5.32 Å². The average molecular weight is 215 g/mol. The molecule has 0 bridgehead atoms. The van der Waals surface area contributed by atoms with Crippen LogP contribution in [0.2, 0.25) is 0 Å². The Morgan fingerprint density at radius 2 is 1.94 bits per heavy atom. The van der Waals surface area contributed by atoms with Gasteiger partial charge >= 0.3 is 0 Å². The van der Waals surface area contributed by atoms with E-state index >= 15 is 0 Å². The molecule has 1 aromatic heterocycles. The Balaban J connectivity index is 2.15. The smallest absolute Gasteiger partial charge is 0.0766 e. The normalized spacial score (nSPS) is 10.6. The molecule has 0 atom stereocenters. The Hall–Kier alpha value is -1.61. The van der Waals surface area contributed by atoms with Crippen molar-refractivity contribution in [2.24, 2.45) is 0 Å². The van der Waals surface area contributed by atoms with E-state index in [2.05, 4.69) is 48.5 Å². The highest BCUT2D eigenvalue weighted by Crippen LogP contribution is 2.08. The molecule has 2 aromatic rings. The van der Waals surface area contributed by atoms with Crippen LogP contribution >= 0.6 is 0 Å². The Morgan fingerprint density at radius 3 is 2.62 bits per heavy atom. The minimum atomic E-state index is 0.829. The lowest BCUT2D eigenvalue weighted by Crippen LogP contribution is -2.12. The fourth-order valence-electron chi connectivity index (χ4n) is 1.55. The largest absolute Gasteiger partial charge is 0.311 e. The van der Waals surface area contributed by atoms with Crippen LogP contribution in [0.25, 0.3) is 5.69 Å². The van der Waals surface area contributed by atoms with Gasteiger partial charge in [0, 0.05) is 12.7 Å². The monoisotopic (exact) mass is 215 g/mol. The van der Waals surface area contributed by atoms with Crippen molar-refractivity contribution >= 4 is 0 Å². The first-order valence-corrected chi connectivity index (χ1v) is 5.62. The molecule has 0 spiro atoms. The summed E-state index contributed by atoms with van der Waals surface area (Å²) in [6.07, 6.45) is 2.00. The topological polar surface area (TPSA) is 29.9 Å². The summed E-state index contributed by atoms with van der Waals surface area (Å²) in [5.74, 6) is 0. The number of nitrogens with one attached hydrogen (secondary N) is 1. The van der Waals surface area contributed by atoms with E-state index in [1.54, 1.807) is 0 Å². The lowest BCUT2D eigenvalue weighted by Gasteiger charge is -2.01. The van der Waals surface area contributed by atoms with Gasteiger partial charge in [-0.1, -0.05) is 24.6 Å². The molecule has 0 amide bonds. The van der Waals surface area contributed by atoms with Gasteiger partial charge in [0.05, 0.1) is 11.4 Å². The summed E-state index contributed by atoms with van der Waals surface area (Å²) in [6.45, 7) is 5.98. The van der Waals surface area contributed by atoms with E-state index in [0.717, 1.165) is 24.5 Å². The summed E-state index contributed by atoms with van der Waals surface area (Å²) in [5, 5.41) is 7.76. The van der Waals surface area contributed by atoms with E-state index in [4.69, 9.17) is 0 Å². The summed E-state index contributed by atoms with van der Waals surface area (Å²) in [7, 11) is 0. The third-order valence-corrected chi connectivity index (χ3v) is 2.50. The van der Waals surface area contributed by atoms with Gasteiger partial charge in [-0.3, -0.25) is 0 Å². The Morgan fingerprint density at radius 1 is 1.19 bits per heavy atom. The van der Waals surface area contributed by atoms with E-state index in [1.807, 2.05) is 16.9 Å². The van der Waals surface area contributed by atoms with E-state index in [1.165, 1.54) is 5.56 Å². The number of aryl methyl sites for hydroxylation is 1. The predicted octanol–water partition coefficient (Wildman–Crippen LogP) is 2.29. The molecule has 3 heteroatoms. The first kappa shape index (κ1) is 10.9.